The first-order valence-electron chi connectivity index (χ1n) is 7.39. The Hall–Kier alpha value is -1.64. The van der Waals surface area contributed by atoms with Crippen molar-refractivity contribution in [3.63, 3.8) is 0 Å². The highest BCUT2D eigenvalue weighted by Gasteiger charge is 2.26. The molecule has 1 fully saturated rings. The fourth-order valence-electron chi connectivity index (χ4n) is 1.98. The number of aryl methyl sites for hydroxylation is 1. The van der Waals surface area contributed by atoms with Crippen LogP contribution in [0.4, 0.5) is 0 Å². The van der Waals surface area contributed by atoms with Gasteiger partial charge in [0.15, 0.2) is 0 Å². The molecule has 1 aromatic carbocycles. The maximum absolute atomic E-state index is 11.4. The van der Waals surface area contributed by atoms with Gasteiger partial charge in [-0.3, -0.25) is 14.5 Å². The molecule has 20 heavy (non-hydrogen) atoms. The number of piperidine rings is 1. The number of rotatable bonds is 3. The molecule has 0 saturated carbocycles. The van der Waals surface area contributed by atoms with Crippen LogP contribution in [0.1, 0.15) is 45.1 Å². The number of carbonyl (C=O) groups excluding carboxylic acids is 2. The van der Waals surface area contributed by atoms with Gasteiger partial charge in [-0.05, 0) is 19.3 Å². The van der Waals surface area contributed by atoms with E-state index in [-0.39, 0.29) is 11.8 Å². The quantitative estimate of drug-likeness (QED) is 0.791. The smallest absolute Gasteiger partial charge is 0.229 e. The van der Waals surface area contributed by atoms with Crippen LogP contribution < -0.4 is 0 Å². The molecule has 3 nitrogen and oxygen atoms in total. The van der Waals surface area contributed by atoms with Crippen LogP contribution in [0.5, 0.6) is 0 Å². The van der Waals surface area contributed by atoms with Gasteiger partial charge in [-0.25, -0.2) is 0 Å². The third kappa shape index (κ3) is 5.55. The lowest BCUT2D eigenvalue weighted by Gasteiger charge is -2.27. The van der Waals surface area contributed by atoms with Crippen LogP contribution in [0, 0.1) is 12.8 Å². The highest BCUT2D eigenvalue weighted by molar-refractivity contribution is 5.97. The number of likely N-dealkylation sites (tertiary alicyclic amines) is 1. The molecule has 2 amide bonds. The van der Waals surface area contributed by atoms with Crippen molar-refractivity contribution in [3.05, 3.63) is 35.9 Å². The molecule has 1 aromatic rings. The van der Waals surface area contributed by atoms with Gasteiger partial charge in [0.1, 0.15) is 0 Å². The molecule has 0 radical (unpaired) electrons. The predicted molar refractivity (Wildman–Crippen MR) is 81.2 cm³/mol. The lowest BCUT2D eigenvalue weighted by Crippen LogP contribution is -2.42. The van der Waals surface area contributed by atoms with Crippen molar-refractivity contribution in [3.8, 4) is 0 Å². The summed E-state index contributed by atoms with van der Waals surface area (Å²) in [7, 11) is 0. The van der Waals surface area contributed by atoms with Crippen LogP contribution in [0.15, 0.2) is 30.3 Å². The van der Waals surface area contributed by atoms with E-state index in [1.165, 1.54) is 10.5 Å². The maximum Gasteiger partial charge on any atom is 0.229 e. The maximum atomic E-state index is 11.4. The molecule has 1 atom stereocenters. The van der Waals surface area contributed by atoms with E-state index in [0.29, 0.717) is 25.3 Å². The summed E-state index contributed by atoms with van der Waals surface area (Å²) < 4.78 is 0. The zero-order chi connectivity index (χ0) is 15.0. The summed E-state index contributed by atoms with van der Waals surface area (Å²) in [6.07, 6.45) is 2.83. The Labute approximate surface area is 122 Å². The molecule has 0 bridgehead atoms. The van der Waals surface area contributed by atoms with E-state index in [0.717, 1.165) is 12.8 Å². The fraction of sp³-hybridized carbons (Fsp3) is 0.529. The second-order valence-electron chi connectivity index (χ2n) is 5.42. The fourth-order valence-corrected chi connectivity index (χ4v) is 1.98. The van der Waals surface area contributed by atoms with Crippen molar-refractivity contribution in [2.75, 3.05) is 6.54 Å². The lowest BCUT2D eigenvalue weighted by molar-refractivity contribution is -0.148. The normalized spacial score (nSPS) is 16.4. The topological polar surface area (TPSA) is 37.4 Å². The lowest BCUT2D eigenvalue weighted by atomic mass is 10.0. The monoisotopic (exact) mass is 275 g/mol. The van der Waals surface area contributed by atoms with E-state index in [2.05, 4.69) is 32.9 Å². The zero-order valence-electron chi connectivity index (χ0n) is 12.8. The van der Waals surface area contributed by atoms with E-state index in [9.17, 15) is 9.59 Å². The Balaban J connectivity index is 0.000000240. The van der Waals surface area contributed by atoms with Crippen molar-refractivity contribution < 1.29 is 9.59 Å². The van der Waals surface area contributed by atoms with Crippen LogP contribution in [0.3, 0.4) is 0 Å². The molecule has 1 heterocycles. The Morgan fingerprint density at radius 2 is 1.65 bits per heavy atom. The SMILES string of the molecule is CCC(C)CN1C(=O)CCCC1=O.Cc1ccccc1. The Bertz CT molecular complexity index is 412. The highest BCUT2D eigenvalue weighted by Crippen LogP contribution is 2.14. The van der Waals surface area contributed by atoms with Crippen LogP contribution in [-0.4, -0.2) is 23.3 Å². The zero-order valence-corrected chi connectivity index (χ0v) is 12.8. The summed E-state index contributed by atoms with van der Waals surface area (Å²) in [4.78, 5) is 24.2. The molecule has 1 aliphatic heterocycles. The molecule has 0 spiro atoms. The van der Waals surface area contributed by atoms with Crippen molar-refractivity contribution in [1.82, 2.24) is 4.90 Å². The number of benzene rings is 1. The number of hydrogen-bond acceptors (Lipinski definition) is 2. The molecule has 3 heteroatoms. The molecule has 1 saturated heterocycles. The van der Waals surface area contributed by atoms with Crippen LogP contribution in [-0.2, 0) is 9.59 Å². The molecular weight excluding hydrogens is 250 g/mol. The average molecular weight is 275 g/mol. The number of nitrogens with zero attached hydrogens (tertiary/aromatic N) is 1. The van der Waals surface area contributed by atoms with E-state index in [1.807, 2.05) is 18.2 Å². The molecule has 0 aliphatic carbocycles. The minimum atomic E-state index is 0.0107. The van der Waals surface area contributed by atoms with Crippen molar-refractivity contribution >= 4 is 11.8 Å². The summed E-state index contributed by atoms with van der Waals surface area (Å²) in [5, 5.41) is 0. The summed E-state index contributed by atoms with van der Waals surface area (Å²) in [6.45, 7) is 6.83. The third-order valence-electron chi connectivity index (χ3n) is 3.52. The minimum absolute atomic E-state index is 0.0107. The number of carbonyl (C=O) groups is 2. The molecular formula is C17H25NO2. The highest BCUT2D eigenvalue weighted by atomic mass is 16.2. The minimum Gasteiger partial charge on any atom is -0.282 e. The summed E-state index contributed by atoms with van der Waals surface area (Å²) in [5.74, 6) is 0.444. The Kier molecular flexibility index (Phi) is 6.99. The van der Waals surface area contributed by atoms with Gasteiger partial charge in [0.05, 0.1) is 0 Å². The van der Waals surface area contributed by atoms with Gasteiger partial charge in [-0.15, -0.1) is 0 Å². The van der Waals surface area contributed by atoms with Crippen LogP contribution in [0.25, 0.3) is 0 Å². The Morgan fingerprint density at radius 1 is 1.10 bits per heavy atom. The standard InChI is InChI=1S/C10H17NO2.C7H8/c1-3-8(2)7-11-9(12)5-4-6-10(11)13;1-7-5-3-2-4-6-7/h8H,3-7H2,1-2H3;2-6H,1H3. The molecule has 1 aliphatic rings. The van der Waals surface area contributed by atoms with E-state index < -0.39 is 0 Å². The van der Waals surface area contributed by atoms with Crippen molar-refractivity contribution in [1.29, 1.82) is 0 Å². The van der Waals surface area contributed by atoms with Gasteiger partial charge >= 0.3 is 0 Å². The number of hydrogen-bond donors (Lipinski definition) is 0. The van der Waals surface area contributed by atoms with Gasteiger partial charge in [0.2, 0.25) is 11.8 Å². The van der Waals surface area contributed by atoms with Gasteiger partial charge in [0.25, 0.3) is 0 Å². The van der Waals surface area contributed by atoms with Crippen LogP contribution in [0.2, 0.25) is 0 Å². The molecule has 0 aromatic heterocycles. The summed E-state index contributed by atoms with van der Waals surface area (Å²) in [6, 6.07) is 10.3. The average Bonchev–Trinajstić information content (AvgIpc) is 2.44. The largest absolute Gasteiger partial charge is 0.282 e. The van der Waals surface area contributed by atoms with E-state index in [1.54, 1.807) is 0 Å². The van der Waals surface area contributed by atoms with Crippen LogP contribution >= 0.6 is 0 Å². The Morgan fingerprint density at radius 3 is 2.05 bits per heavy atom. The van der Waals surface area contributed by atoms with E-state index in [4.69, 9.17) is 0 Å². The molecule has 0 N–H and O–H groups in total. The molecule has 110 valence electrons. The summed E-state index contributed by atoms with van der Waals surface area (Å²) >= 11 is 0. The molecule has 2 rings (SSSR count). The predicted octanol–water partition coefficient (Wildman–Crippen LogP) is 3.57. The first-order valence-corrected chi connectivity index (χ1v) is 7.39. The van der Waals surface area contributed by atoms with Crippen molar-refractivity contribution in [2.45, 2.75) is 46.5 Å². The number of imide groups is 1. The van der Waals surface area contributed by atoms with Crippen molar-refractivity contribution in [2.24, 2.45) is 5.92 Å². The molecule has 1 unspecified atom stereocenters. The van der Waals surface area contributed by atoms with Gasteiger partial charge in [-0.1, -0.05) is 56.2 Å². The van der Waals surface area contributed by atoms with E-state index >= 15 is 0 Å². The van der Waals surface area contributed by atoms with Gasteiger partial charge in [0, 0.05) is 19.4 Å². The van der Waals surface area contributed by atoms with Gasteiger partial charge < -0.3 is 0 Å². The first-order chi connectivity index (χ1) is 9.54. The second-order valence-corrected chi connectivity index (χ2v) is 5.42. The van der Waals surface area contributed by atoms with Gasteiger partial charge in [-0.2, -0.15) is 0 Å². The second kappa shape index (κ2) is 8.51. The summed E-state index contributed by atoms with van der Waals surface area (Å²) in [5.41, 5.74) is 1.32. The first kappa shape index (κ1) is 16.4. The third-order valence-corrected chi connectivity index (χ3v) is 3.52. The number of amides is 2.